The van der Waals surface area contributed by atoms with Crippen molar-refractivity contribution in [2.45, 2.75) is 11.3 Å². The minimum atomic E-state index is -0.402. The summed E-state index contributed by atoms with van der Waals surface area (Å²) in [5, 5.41) is 2.40. The number of rotatable bonds is 1. The first-order valence-electron chi connectivity index (χ1n) is 10.9. The van der Waals surface area contributed by atoms with E-state index in [1.165, 1.54) is 44.2 Å². The second-order valence-corrected chi connectivity index (χ2v) is 8.63. The lowest BCUT2D eigenvalue weighted by molar-refractivity contribution is 0.674. The first kappa shape index (κ1) is 17.0. The Morgan fingerprint density at radius 3 is 1.87 bits per heavy atom. The van der Waals surface area contributed by atoms with E-state index in [0.29, 0.717) is 5.92 Å². The average Bonchev–Trinajstić information content (AvgIpc) is 2.84. The zero-order chi connectivity index (χ0) is 20.4. The molecule has 4 aliphatic rings. The lowest BCUT2D eigenvalue weighted by atomic mass is 9.53. The first-order chi connectivity index (χ1) is 15.4. The maximum absolute atomic E-state index is 4.04. The molecule has 8 rings (SSSR count). The molecule has 0 amide bonds. The van der Waals surface area contributed by atoms with Gasteiger partial charge in [0.15, 0.2) is 0 Å². The molecule has 0 heteroatoms. The fourth-order valence-corrected chi connectivity index (χ4v) is 5.89. The highest BCUT2D eigenvalue weighted by molar-refractivity contribution is 5.79. The van der Waals surface area contributed by atoms with Crippen LogP contribution in [0.25, 0.3) is 12.2 Å². The number of fused-ring (bicyclic) bond motifs is 1. The zero-order valence-corrected chi connectivity index (χ0v) is 17.0. The van der Waals surface area contributed by atoms with E-state index in [0.717, 1.165) is 5.22 Å². The Bertz CT molecular complexity index is 1400. The number of benzene rings is 4. The molecule has 0 aromatic heterocycles. The third-order valence-electron chi connectivity index (χ3n) is 7.11. The normalized spacial score (nSPS) is 21.9. The standard InChI is InChI=1S/C31H20/c1-2-10-23-19-21(17-18-22(23)9-1)20-31-27-14-6-3-11-24(27)30(25-12-4-7-15-28(25)31)26-13-5-8-16-29(26)31/h1-19,30H. The van der Waals surface area contributed by atoms with Crippen LogP contribution in [0.1, 0.15) is 44.9 Å². The fraction of sp³-hybridized carbons (Fsp3) is 0.0645. The van der Waals surface area contributed by atoms with Gasteiger partial charge in [-0.1, -0.05) is 84.1 Å². The molecule has 2 bridgehead atoms. The Hall–Kier alpha value is -3.77. The quantitative estimate of drug-likeness (QED) is 0.396. The van der Waals surface area contributed by atoms with Gasteiger partial charge in [0.05, 0.1) is 5.22 Å². The molecule has 0 saturated heterocycles. The lowest BCUT2D eigenvalue weighted by Crippen LogP contribution is -2.41. The molecule has 144 valence electrons. The van der Waals surface area contributed by atoms with Crippen LogP contribution in [0, 0.1) is 6.42 Å². The number of hydrogen-bond acceptors (Lipinski definition) is 0. The SMILES string of the molecule is [C-](=c1ccc2c(c1)[CH+]C=CC=2)C12c3ccccc3C(c3ccccc31)c1ccccc12. The highest BCUT2D eigenvalue weighted by atomic mass is 14.5. The summed E-state index contributed by atoms with van der Waals surface area (Å²) in [6.45, 7) is 0. The molecular formula is C31H20. The van der Waals surface area contributed by atoms with Crippen LogP contribution in [0.4, 0.5) is 0 Å². The van der Waals surface area contributed by atoms with Gasteiger partial charge in [0.1, 0.15) is 5.56 Å². The van der Waals surface area contributed by atoms with Gasteiger partial charge in [-0.3, -0.25) is 0 Å². The largest absolute Gasteiger partial charge is 0.157 e. The molecule has 0 N–H and O–H groups in total. The van der Waals surface area contributed by atoms with Crippen LogP contribution >= 0.6 is 0 Å². The summed E-state index contributed by atoms with van der Waals surface area (Å²) in [4.78, 5) is 0. The van der Waals surface area contributed by atoms with Gasteiger partial charge in [-0.05, 0) is 33.4 Å². The minimum absolute atomic E-state index is 0.295. The van der Waals surface area contributed by atoms with Gasteiger partial charge in [0, 0.05) is 42.0 Å². The van der Waals surface area contributed by atoms with Gasteiger partial charge < -0.3 is 0 Å². The van der Waals surface area contributed by atoms with E-state index in [-0.39, 0.29) is 0 Å². The van der Waals surface area contributed by atoms with Crippen molar-refractivity contribution >= 4 is 12.2 Å². The van der Waals surface area contributed by atoms with Crippen LogP contribution in [-0.4, -0.2) is 0 Å². The van der Waals surface area contributed by atoms with Gasteiger partial charge in [0.25, 0.3) is 0 Å². The maximum atomic E-state index is 4.04. The Balaban J connectivity index is 1.63. The summed E-state index contributed by atoms with van der Waals surface area (Å²) >= 11 is 0. The molecule has 4 aliphatic carbocycles. The van der Waals surface area contributed by atoms with Gasteiger partial charge >= 0.3 is 0 Å². The van der Waals surface area contributed by atoms with Crippen molar-refractivity contribution in [2.24, 2.45) is 0 Å². The minimum Gasteiger partial charge on any atom is -0.157 e. The van der Waals surface area contributed by atoms with Crippen molar-refractivity contribution in [1.82, 2.24) is 0 Å². The third-order valence-corrected chi connectivity index (χ3v) is 7.11. The summed E-state index contributed by atoms with van der Waals surface area (Å²) in [7, 11) is 0. The molecule has 0 saturated carbocycles. The predicted octanol–water partition coefficient (Wildman–Crippen LogP) is 5.09. The molecule has 31 heavy (non-hydrogen) atoms. The van der Waals surface area contributed by atoms with Gasteiger partial charge in [-0.2, -0.15) is 6.08 Å². The molecule has 0 atom stereocenters. The molecule has 0 fully saturated rings. The summed E-state index contributed by atoms with van der Waals surface area (Å²) in [6, 6.07) is 33.6. The van der Waals surface area contributed by atoms with Crippen LogP contribution in [0.15, 0.2) is 103 Å². The Labute approximate surface area is 182 Å². The van der Waals surface area contributed by atoms with E-state index in [1.807, 2.05) is 0 Å². The van der Waals surface area contributed by atoms with Crippen molar-refractivity contribution in [3.05, 3.63) is 159 Å². The van der Waals surface area contributed by atoms with E-state index in [1.54, 1.807) is 0 Å². The van der Waals surface area contributed by atoms with Crippen LogP contribution < -0.4 is 10.4 Å². The molecule has 0 spiro atoms. The van der Waals surface area contributed by atoms with Gasteiger partial charge in [0.2, 0.25) is 0 Å². The number of allylic oxidation sites excluding steroid dienone is 2. The Kier molecular flexibility index (Phi) is 3.35. The fourth-order valence-electron chi connectivity index (χ4n) is 5.89. The highest BCUT2D eigenvalue weighted by Gasteiger charge is 2.48. The van der Waals surface area contributed by atoms with E-state index in [9.17, 15) is 0 Å². The van der Waals surface area contributed by atoms with Gasteiger partial charge in [-0.15, -0.1) is 6.07 Å². The van der Waals surface area contributed by atoms with E-state index in [4.69, 9.17) is 0 Å². The van der Waals surface area contributed by atoms with Crippen LogP contribution in [0.2, 0.25) is 0 Å². The summed E-state index contributed by atoms with van der Waals surface area (Å²) < 4.78 is 0. The molecular weight excluding hydrogens is 372 g/mol. The Morgan fingerprint density at radius 1 is 0.677 bits per heavy atom. The molecule has 0 aliphatic heterocycles. The summed E-state index contributed by atoms with van der Waals surface area (Å²) in [5.74, 6) is 0.295. The number of hydrogen-bond donors (Lipinski definition) is 0. The van der Waals surface area contributed by atoms with E-state index in [2.05, 4.69) is 122 Å². The molecule has 0 radical (unpaired) electrons. The predicted molar refractivity (Wildman–Crippen MR) is 126 cm³/mol. The van der Waals surface area contributed by atoms with E-state index >= 15 is 0 Å². The second kappa shape index (κ2) is 6.12. The zero-order valence-electron chi connectivity index (χ0n) is 17.0. The monoisotopic (exact) mass is 392 g/mol. The maximum Gasteiger partial charge on any atom is 0.101 e. The topological polar surface area (TPSA) is 0 Å². The highest BCUT2D eigenvalue weighted by Crippen LogP contribution is 2.59. The third kappa shape index (κ3) is 2.17. The van der Waals surface area contributed by atoms with Crippen LogP contribution in [-0.2, 0) is 5.41 Å². The average molecular weight is 393 g/mol. The van der Waals surface area contributed by atoms with Crippen LogP contribution in [0.5, 0.6) is 0 Å². The van der Waals surface area contributed by atoms with Crippen molar-refractivity contribution in [3.63, 3.8) is 0 Å². The van der Waals surface area contributed by atoms with Crippen LogP contribution in [0.3, 0.4) is 0 Å². The molecule has 0 nitrogen and oxygen atoms in total. The van der Waals surface area contributed by atoms with Crippen molar-refractivity contribution in [1.29, 1.82) is 0 Å². The second-order valence-electron chi connectivity index (χ2n) is 8.63. The van der Waals surface area contributed by atoms with Gasteiger partial charge in [-0.25, -0.2) is 0 Å². The van der Waals surface area contributed by atoms with Crippen molar-refractivity contribution in [2.75, 3.05) is 0 Å². The smallest absolute Gasteiger partial charge is 0.101 e. The Morgan fingerprint density at radius 2 is 1.26 bits per heavy atom. The lowest BCUT2D eigenvalue weighted by Gasteiger charge is -2.51. The van der Waals surface area contributed by atoms with Crippen molar-refractivity contribution < 1.29 is 0 Å². The molecule has 4 aromatic carbocycles. The molecule has 0 unspecified atom stereocenters. The van der Waals surface area contributed by atoms with Crippen molar-refractivity contribution in [3.8, 4) is 0 Å². The molecule has 4 aromatic rings. The summed E-state index contributed by atoms with van der Waals surface area (Å²) in [5.41, 5.74) is 9.18. The summed E-state index contributed by atoms with van der Waals surface area (Å²) in [6.07, 6.45) is 12.6. The first-order valence-corrected chi connectivity index (χ1v) is 10.9. The molecule has 0 heterocycles. The van der Waals surface area contributed by atoms with E-state index < -0.39 is 5.41 Å².